The van der Waals surface area contributed by atoms with Crippen LogP contribution in [0.1, 0.15) is 65.1 Å². The highest BCUT2D eigenvalue weighted by atomic mass is 19.4. The number of H-pyrrole nitrogens is 1. The van der Waals surface area contributed by atoms with E-state index in [2.05, 4.69) is 21.6 Å². The first kappa shape index (κ1) is 16.6. The highest BCUT2D eigenvalue weighted by Gasteiger charge is 2.34. The van der Waals surface area contributed by atoms with Gasteiger partial charge in [-0.25, -0.2) is 0 Å². The topological polar surface area (TPSA) is 40.7 Å². The lowest BCUT2D eigenvalue weighted by atomic mass is 9.83. The summed E-state index contributed by atoms with van der Waals surface area (Å²) in [6.45, 7) is 3.04. The molecule has 3 nitrogen and oxygen atoms in total. The minimum Gasteiger partial charge on any atom is -0.315 e. The van der Waals surface area contributed by atoms with E-state index in [9.17, 15) is 13.2 Å². The van der Waals surface area contributed by atoms with E-state index in [0.29, 0.717) is 12.5 Å². The molecule has 25 heavy (non-hydrogen) atoms. The summed E-state index contributed by atoms with van der Waals surface area (Å²) in [5.41, 5.74) is 2.74. The molecule has 2 aliphatic rings. The molecule has 6 heteroatoms. The first-order valence-corrected chi connectivity index (χ1v) is 8.85. The van der Waals surface area contributed by atoms with Gasteiger partial charge in [0.2, 0.25) is 0 Å². The molecule has 1 aromatic heterocycles. The fourth-order valence-corrected chi connectivity index (χ4v) is 3.79. The highest BCUT2D eigenvalue weighted by molar-refractivity contribution is 5.36. The van der Waals surface area contributed by atoms with E-state index in [1.54, 1.807) is 6.07 Å². The lowest BCUT2D eigenvalue weighted by Crippen LogP contribution is -2.34. The number of nitrogens with one attached hydrogen (secondary N) is 2. The number of benzene rings is 1. The van der Waals surface area contributed by atoms with Crippen LogP contribution in [0.25, 0.3) is 0 Å². The summed E-state index contributed by atoms with van der Waals surface area (Å²) >= 11 is 0. The van der Waals surface area contributed by atoms with Gasteiger partial charge >= 0.3 is 6.18 Å². The molecule has 1 saturated carbocycles. The quantitative estimate of drug-likeness (QED) is 0.858. The average molecular weight is 349 g/mol. The molecule has 0 bridgehead atoms. The van der Waals surface area contributed by atoms with E-state index >= 15 is 0 Å². The summed E-state index contributed by atoms with van der Waals surface area (Å²) in [5.74, 6) is 0.930. The smallest absolute Gasteiger partial charge is 0.315 e. The molecule has 1 aliphatic heterocycles. The first-order chi connectivity index (χ1) is 11.9. The van der Waals surface area contributed by atoms with Gasteiger partial charge in [0.1, 0.15) is 0 Å². The Labute approximate surface area is 145 Å². The van der Waals surface area contributed by atoms with E-state index < -0.39 is 11.7 Å². The number of hydrogen-bond donors (Lipinski definition) is 2. The van der Waals surface area contributed by atoms with Gasteiger partial charge in [-0.3, -0.25) is 5.10 Å². The van der Waals surface area contributed by atoms with Crippen molar-refractivity contribution in [1.82, 2.24) is 15.5 Å². The van der Waals surface area contributed by atoms with Crippen LogP contribution in [0.5, 0.6) is 0 Å². The average Bonchev–Trinajstić information content (AvgIpc) is 3.31. The number of hydrogen-bond acceptors (Lipinski definition) is 2. The zero-order valence-corrected chi connectivity index (χ0v) is 14.2. The predicted molar refractivity (Wildman–Crippen MR) is 89.7 cm³/mol. The van der Waals surface area contributed by atoms with Crippen molar-refractivity contribution in [2.24, 2.45) is 0 Å². The molecule has 0 spiro atoms. The van der Waals surface area contributed by atoms with Crippen molar-refractivity contribution in [3.05, 3.63) is 52.3 Å². The van der Waals surface area contributed by atoms with Gasteiger partial charge in [0.15, 0.2) is 0 Å². The molecule has 2 aromatic rings. The van der Waals surface area contributed by atoms with E-state index in [4.69, 9.17) is 0 Å². The molecule has 1 aromatic carbocycles. The maximum Gasteiger partial charge on any atom is 0.416 e. The Balaban J connectivity index is 1.54. The van der Waals surface area contributed by atoms with Crippen molar-refractivity contribution in [2.45, 2.75) is 50.1 Å². The number of nitrogens with zero attached hydrogens (tertiary/aromatic N) is 1. The maximum atomic E-state index is 13.2. The Hall–Kier alpha value is -1.82. The molecule has 134 valence electrons. The fraction of sp³-hybridized carbons (Fsp3) is 0.526. The monoisotopic (exact) mass is 349 g/mol. The standard InChI is InChI=1S/C19H22F3N3/c1-11-2-3-13(7-16(11)19(20,21)22)14-6-15(10-23-9-14)18-8-17(24-25-18)12-4-5-12/h2-3,7-8,12,14-15,23H,4-6,9-10H2,1H3,(H,24,25). The van der Waals surface area contributed by atoms with Gasteiger partial charge in [-0.05, 0) is 55.4 Å². The van der Waals surface area contributed by atoms with Gasteiger partial charge < -0.3 is 5.32 Å². The largest absolute Gasteiger partial charge is 0.416 e. The minimum atomic E-state index is -4.30. The van der Waals surface area contributed by atoms with Crippen LogP contribution in [-0.2, 0) is 6.18 Å². The van der Waals surface area contributed by atoms with Crippen LogP contribution in [0.2, 0.25) is 0 Å². The van der Waals surface area contributed by atoms with E-state index in [0.717, 1.165) is 24.2 Å². The van der Waals surface area contributed by atoms with Crippen LogP contribution in [0.3, 0.4) is 0 Å². The number of aromatic amines is 1. The highest BCUT2D eigenvalue weighted by Crippen LogP contribution is 2.41. The van der Waals surface area contributed by atoms with E-state index in [-0.39, 0.29) is 17.4 Å². The fourth-order valence-electron chi connectivity index (χ4n) is 3.79. The summed E-state index contributed by atoms with van der Waals surface area (Å²) in [6.07, 6.45) is -1.04. The van der Waals surface area contributed by atoms with Crippen molar-refractivity contribution in [3.63, 3.8) is 0 Å². The molecule has 1 aliphatic carbocycles. The second-order valence-electron chi connectivity index (χ2n) is 7.38. The second kappa shape index (κ2) is 6.16. The lowest BCUT2D eigenvalue weighted by Gasteiger charge is -2.30. The summed E-state index contributed by atoms with van der Waals surface area (Å²) in [4.78, 5) is 0. The number of rotatable bonds is 3. The van der Waals surface area contributed by atoms with Gasteiger partial charge in [0.25, 0.3) is 0 Å². The van der Waals surface area contributed by atoms with Gasteiger partial charge in [-0.2, -0.15) is 18.3 Å². The minimum absolute atomic E-state index is 0.0709. The van der Waals surface area contributed by atoms with Crippen LogP contribution in [0, 0.1) is 6.92 Å². The van der Waals surface area contributed by atoms with Crippen molar-refractivity contribution >= 4 is 0 Å². The van der Waals surface area contributed by atoms with Crippen molar-refractivity contribution in [2.75, 3.05) is 13.1 Å². The molecule has 2 atom stereocenters. The Morgan fingerprint density at radius 2 is 1.80 bits per heavy atom. The van der Waals surface area contributed by atoms with Crippen LogP contribution in [0.4, 0.5) is 13.2 Å². The van der Waals surface area contributed by atoms with Crippen LogP contribution < -0.4 is 5.32 Å². The molecule has 2 unspecified atom stereocenters. The van der Waals surface area contributed by atoms with E-state index in [1.807, 2.05) is 6.07 Å². The summed E-state index contributed by atoms with van der Waals surface area (Å²) in [5, 5.41) is 11.0. The Kier molecular flexibility index (Phi) is 4.10. The van der Waals surface area contributed by atoms with Crippen molar-refractivity contribution in [3.8, 4) is 0 Å². The van der Waals surface area contributed by atoms with Gasteiger partial charge in [0.05, 0.1) is 11.3 Å². The normalized spacial score (nSPS) is 24.5. The summed E-state index contributed by atoms with van der Waals surface area (Å²) in [6, 6.07) is 6.88. The van der Waals surface area contributed by atoms with Gasteiger partial charge in [0, 0.05) is 30.6 Å². The first-order valence-electron chi connectivity index (χ1n) is 8.85. The SMILES string of the molecule is Cc1ccc(C2CNCC(c3cc(C4CC4)[nH]n3)C2)cc1C(F)(F)F. The van der Waals surface area contributed by atoms with Crippen LogP contribution in [-0.4, -0.2) is 23.3 Å². The molecular weight excluding hydrogens is 327 g/mol. The number of piperidine rings is 1. The van der Waals surface area contributed by atoms with E-state index in [1.165, 1.54) is 31.5 Å². The molecule has 1 saturated heterocycles. The predicted octanol–water partition coefficient (Wildman–Crippen LogP) is 4.48. The number of halogens is 3. The maximum absolute atomic E-state index is 13.2. The molecular formula is C19H22F3N3. The number of alkyl halides is 3. The third-order valence-corrected chi connectivity index (χ3v) is 5.44. The molecule has 0 amide bonds. The third-order valence-electron chi connectivity index (χ3n) is 5.44. The zero-order chi connectivity index (χ0) is 17.6. The number of aromatic nitrogens is 2. The van der Waals surface area contributed by atoms with Crippen molar-refractivity contribution in [1.29, 1.82) is 0 Å². The van der Waals surface area contributed by atoms with Gasteiger partial charge in [-0.1, -0.05) is 12.1 Å². The Morgan fingerprint density at radius 1 is 1.04 bits per heavy atom. The Bertz CT molecular complexity index is 762. The number of aryl methyl sites for hydroxylation is 1. The molecule has 0 radical (unpaired) electrons. The Morgan fingerprint density at radius 3 is 2.52 bits per heavy atom. The lowest BCUT2D eigenvalue weighted by molar-refractivity contribution is -0.138. The molecule has 2 N–H and O–H groups in total. The van der Waals surface area contributed by atoms with Crippen molar-refractivity contribution < 1.29 is 13.2 Å². The zero-order valence-electron chi connectivity index (χ0n) is 14.2. The summed E-state index contributed by atoms with van der Waals surface area (Å²) < 4.78 is 39.6. The molecule has 4 rings (SSSR count). The summed E-state index contributed by atoms with van der Waals surface area (Å²) in [7, 11) is 0. The van der Waals surface area contributed by atoms with Crippen LogP contribution in [0.15, 0.2) is 24.3 Å². The second-order valence-corrected chi connectivity index (χ2v) is 7.38. The van der Waals surface area contributed by atoms with Crippen LogP contribution >= 0.6 is 0 Å². The third kappa shape index (κ3) is 3.45. The molecule has 2 heterocycles. The van der Waals surface area contributed by atoms with Gasteiger partial charge in [-0.15, -0.1) is 0 Å². The molecule has 2 fully saturated rings.